The third kappa shape index (κ3) is 6.21. The molecule has 7 nitrogen and oxygen atoms in total. The fraction of sp³-hybridized carbons (Fsp3) is 0.304. The molecule has 0 atom stereocenters. The van der Waals surface area contributed by atoms with Gasteiger partial charge >= 0.3 is 12.1 Å². The molecule has 34 heavy (non-hydrogen) atoms. The summed E-state index contributed by atoms with van der Waals surface area (Å²) in [5.74, 6) is -1.87. The quantitative estimate of drug-likeness (QED) is 0.544. The number of hydrogen-bond acceptors (Lipinski definition) is 5. The van der Waals surface area contributed by atoms with Crippen molar-refractivity contribution in [2.75, 3.05) is 18.1 Å². The lowest BCUT2D eigenvalue weighted by Gasteiger charge is -2.31. The number of ether oxygens (including phenoxy) is 1. The van der Waals surface area contributed by atoms with E-state index in [1.807, 2.05) is 41.9 Å². The number of nitrogens with two attached hydrogens (primary N) is 1. The van der Waals surface area contributed by atoms with Gasteiger partial charge in [0.2, 0.25) is 0 Å². The van der Waals surface area contributed by atoms with Crippen LogP contribution in [0.1, 0.15) is 22.4 Å². The number of aryl methyl sites for hydroxylation is 1. The topological polar surface area (TPSA) is 93.6 Å². The first-order valence-corrected chi connectivity index (χ1v) is 10.7. The van der Waals surface area contributed by atoms with Gasteiger partial charge in [0.15, 0.2) is 0 Å². The number of anilines is 1. The molecule has 0 aliphatic carbocycles. The highest BCUT2D eigenvalue weighted by Crippen LogP contribution is 2.34. The molecular weight excluding hydrogens is 473 g/mol. The first-order valence-electron chi connectivity index (χ1n) is 10.4. The Morgan fingerprint density at radius 1 is 1.18 bits per heavy atom. The van der Waals surface area contributed by atoms with Gasteiger partial charge in [0.1, 0.15) is 17.5 Å². The molecule has 0 radical (unpaired) electrons. The van der Waals surface area contributed by atoms with Crippen LogP contribution in [0.25, 0.3) is 0 Å². The van der Waals surface area contributed by atoms with E-state index < -0.39 is 12.1 Å². The monoisotopic (exact) mass is 496 g/mol. The Labute approximate surface area is 199 Å². The molecule has 11 heteroatoms. The normalized spacial score (nSPS) is 12.9. The lowest BCUT2D eigenvalue weighted by molar-refractivity contribution is -0.192. The number of aromatic nitrogens is 2. The number of halogens is 4. The van der Waals surface area contributed by atoms with Crippen molar-refractivity contribution in [3.05, 3.63) is 76.1 Å². The van der Waals surface area contributed by atoms with Crippen LogP contribution in [-0.2, 0) is 24.4 Å². The van der Waals surface area contributed by atoms with E-state index in [2.05, 4.69) is 28.2 Å². The average molecular weight is 497 g/mol. The minimum absolute atomic E-state index is 0.508. The van der Waals surface area contributed by atoms with Gasteiger partial charge in [0.05, 0.1) is 24.5 Å². The number of hydrogen-bond donors (Lipinski definition) is 2. The molecule has 0 bridgehead atoms. The summed E-state index contributed by atoms with van der Waals surface area (Å²) in [5, 5.41) is 12.5. The third-order valence-corrected chi connectivity index (χ3v) is 5.59. The van der Waals surface area contributed by atoms with Gasteiger partial charge in [-0.05, 0) is 30.2 Å². The zero-order valence-corrected chi connectivity index (χ0v) is 19.1. The van der Waals surface area contributed by atoms with Crippen LogP contribution in [0.4, 0.5) is 18.9 Å². The van der Waals surface area contributed by atoms with Crippen LogP contribution in [0.15, 0.2) is 48.5 Å². The number of nitrogens with zero attached hydrogens (tertiary/aromatic N) is 3. The average Bonchev–Trinajstić information content (AvgIpc) is 3.06. The predicted molar refractivity (Wildman–Crippen MR) is 122 cm³/mol. The standard InChI is InChI=1S/C21H23ClN4O.C2HF3O2/c1-15-18(21(22)26(24-15)13-16-5-3-2-4-6-16)14-25-9-10-27-20-11-17(12-23)7-8-19(20)25;3-2(4,5)1(6)7/h2-8,11H,9-10,12-14,23H2,1H3;(H,6,7). The molecule has 2 aromatic carbocycles. The second-order valence-corrected chi connectivity index (χ2v) is 7.94. The van der Waals surface area contributed by atoms with Crippen molar-refractivity contribution in [3.8, 4) is 5.75 Å². The maximum atomic E-state index is 10.6. The fourth-order valence-corrected chi connectivity index (χ4v) is 3.73. The van der Waals surface area contributed by atoms with Gasteiger partial charge in [-0.2, -0.15) is 18.3 Å². The summed E-state index contributed by atoms with van der Waals surface area (Å²) in [6, 6.07) is 16.4. The maximum Gasteiger partial charge on any atom is 0.490 e. The molecule has 1 aromatic heterocycles. The number of carbonyl (C=O) groups is 1. The number of benzene rings is 2. The van der Waals surface area contributed by atoms with E-state index in [0.29, 0.717) is 31.4 Å². The Morgan fingerprint density at radius 3 is 2.47 bits per heavy atom. The molecule has 0 saturated heterocycles. The van der Waals surface area contributed by atoms with Gasteiger partial charge in [-0.15, -0.1) is 0 Å². The minimum Gasteiger partial charge on any atom is -0.490 e. The largest absolute Gasteiger partial charge is 0.490 e. The Morgan fingerprint density at radius 2 is 1.85 bits per heavy atom. The Kier molecular flexibility index (Phi) is 8.06. The highest BCUT2D eigenvalue weighted by atomic mass is 35.5. The molecule has 1 aliphatic heterocycles. The molecule has 2 heterocycles. The Bertz CT molecular complexity index is 1140. The van der Waals surface area contributed by atoms with Gasteiger partial charge in [-0.1, -0.05) is 48.0 Å². The van der Waals surface area contributed by atoms with E-state index in [1.54, 1.807) is 0 Å². The van der Waals surface area contributed by atoms with E-state index >= 15 is 0 Å². The molecule has 4 rings (SSSR count). The van der Waals surface area contributed by atoms with Crippen LogP contribution in [0.3, 0.4) is 0 Å². The number of aliphatic carboxylic acids is 1. The second-order valence-electron chi connectivity index (χ2n) is 7.58. The van der Waals surface area contributed by atoms with E-state index in [1.165, 1.54) is 5.56 Å². The zero-order chi connectivity index (χ0) is 24.9. The summed E-state index contributed by atoms with van der Waals surface area (Å²) in [6.07, 6.45) is -5.08. The second kappa shape index (κ2) is 10.8. The molecule has 0 fully saturated rings. The first kappa shape index (κ1) is 25.4. The van der Waals surface area contributed by atoms with Crippen LogP contribution in [0, 0.1) is 6.92 Å². The van der Waals surface area contributed by atoms with Gasteiger partial charge < -0.3 is 20.5 Å². The first-order chi connectivity index (χ1) is 16.1. The molecule has 182 valence electrons. The molecule has 0 unspecified atom stereocenters. The van der Waals surface area contributed by atoms with Crippen molar-refractivity contribution in [2.45, 2.75) is 32.7 Å². The van der Waals surface area contributed by atoms with E-state index in [9.17, 15) is 13.2 Å². The molecule has 0 spiro atoms. The number of carboxylic acid groups (broad SMARTS) is 1. The van der Waals surface area contributed by atoms with Crippen molar-refractivity contribution in [3.63, 3.8) is 0 Å². The number of alkyl halides is 3. The van der Waals surface area contributed by atoms with Crippen molar-refractivity contribution >= 4 is 23.3 Å². The summed E-state index contributed by atoms with van der Waals surface area (Å²) in [4.78, 5) is 11.2. The lowest BCUT2D eigenvalue weighted by Crippen LogP contribution is -2.32. The summed E-state index contributed by atoms with van der Waals surface area (Å²) in [5.41, 5.74) is 11.1. The Hall–Kier alpha value is -3.24. The van der Waals surface area contributed by atoms with Crippen LogP contribution in [0.5, 0.6) is 5.75 Å². The number of rotatable bonds is 5. The van der Waals surface area contributed by atoms with Crippen molar-refractivity contribution in [1.82, 2.24) is 9.78 Å². The molecule has 0 amide bonds. The summed E-state index contributed by atoms with van der Waals surface area (Å²) in [7, 11) is 0. The smallest absolute Gasteiger partial charge is 0.490 e. The molecule has 3 aromatic rings. The predicted octanol–water partition coefficient (Wildman–Crippen LogP) is 4.38. The molecule has 3 N–H and O–H groups in total. The van der Waals surface area contributed by atoms with Crippen LogP contribution < -0.4 is 15.4 Å². The van der Waals surface area contributed by atoms with Gasteiger partial charge in [0.25, 0.3) is 0 Å². The fourth-order valence-electron chi connectivity index (χ4n) is 3.43. The highest BCUT2D eigenvalue weighted by molar-refractivity contribution is 6.30. The molecule has 1 aliphatic rings. The van der Waals surface area contributed by atoms with E-state index in [0.717, 1.165) is 34.8 Å². The van der Waals surface area contributed by atoms with Crippen LogP contribution in [0.2, 0.25) is 5.15 Å². The van der Waals surface area contributed by atoms with Crippen LogP contribution >= 0.6 is 11.6 Å². The number of fused-ring (bicyclic) bond motifs is 1. The number of carboxylic acids is 1. The highest BCUT2D eigenvalue weighted by Gasteiger charge is 2.38. The van der Waals surface area contributed by atoms with Crippen LogP contribution in [-0.4, -0.2) is 40.2 Å². The summed E-state index contributed by atoms with van der Waals surface area (Å²) >= 11 is 6.70. The molecular formula is C23H24ClF3N4O3. The van der Waals surface area contributed by atoms with E-state index in [4.69, 9.17) is 32.0 Å². The van der Waals surface area contributed by atoms with Crippen molar-refractivity contribution in [1.29, 1.82) is 0 Å². The van der Waals surface area contributed by atoms with Gasteiger partial charge in [-0.3, -0.25) is 0 Å². The molecule has 0 saturated carbocycles. The van der Waals surface area contributed by atoms with Gasteiger partial charge in [-0.25, -0.2) is 9.48 Å². The zero-order valence-electron chi connectivity index (χ0n) is 18.3. The summed E-state index contributed by atoms with van der Waals surface area (Å²) in [6.45, 7) is 5.36. The SMILES string of the molecule is Cc1nn(Cc2ccccc2)c(Cl)c1CN1CCOc2cc(CN)ccc21.O=C(O)C(F)(F)F. The summed E-state index contributed by atoms with van der Waals surface area (Å²) < 4.78 is 39.4. The minimum atomic E-state index is -5.08. The van der Waals surface area contributed by atoms with Gasteiger partial charge in [0, 0.05) is 18.7 Å². The van der Waals surface area contributed by atoms with Crippen molar-refractivity contribution < 1.29 is 27.8 Å². The maximum absolute atomic E-state index is 10.6. The Balaban J connectivity index is 0.000000406. The van der Waals surface area contributed by atoms with Crippen molar-refractivity contribution in [2.24, 2.45) is 5.73 Å². The lowest BCUT2D eigenvalue weighted by atomic mass is 10.1. The van der Waals surface area contributed by atoms with E-state index in [-0.39, 0.29) is 0 Å². The third-order valence-electron chi connectivity index (χ3n) is 5.17.